The SMILES string of the molecule is Cc1ccccc1CC(=O)N1CCN(CCC(=O)Nc2cccc(Cl)c2)CC1. The van der Waals surface area contributed by atoms with E-state index in [2.05, 4.69) is 10.2 Å². The number of rotatable bonds is 6. The van der Waals surface area contributed by atoms with Crippen molar-refractivity contribution >= 4 is 29.1 Å². The number of carbonyl (C=O) groups excluding carboxylic acids is 2. The molecule has 1 aliphatic heterocycles. The summed E-state index contributed by atoms with van der Waals surface area (Å²) in [6, 6.07) is 15.2. The fourth-order valence-corrected chi connectivity index (χ4v) is 3.54. The van der Waals surface area contributed by atoms with Crippen LogP contribution < -0.4 is 5.32 Å². The maximum atomic E-state index is 12.6. The van der Waals surface area contributed by atoms with E-state index in [9.17, 15) is 9.59 Å². The molecule has 148 valence electrons. The Balaban J connectivity index is 1.39. The van der Waals surface area contributed by atoms with E-state index in [1.807, 2.05) is 48.2 Å². The Labute approximate surface area is 171 Å². The third kappa shape index (κ3) is 5.81. The van der Waals surface area contributed by atoms with Gasteiger partial charge in [-0.05, 0) is 36.2 Å². The van der Waals surface area contributed by atoms with Gasteiger partial charge in [-0.2, -0.15) is 0 Å². The third-order valence-corrected chi connectivity index (χ3v) is 5.33. The predicted molar refractivity (Wildman–Crippen MR) is 113 cm³/mol. The lowest BCUT2D eigenvalue weighted by atomic mass is 10.1. The van der Waals surface area contributed by atoms with Crippen LogP contribution in [0.15, 0.2) is 48.5 Å². The predicted octanol–water partition coefficient (Wildman–Crippen LogP) is 3.36. The van der Waals surface area contributed by atoms with Gasteiger partial charge in [-0.3, -0.25) is 14.5 Å². The summed E-state index contributed by atoms with van der Waals surface area (Å²) in [7, 11) is 0. The Bertz CT molecular complexity index is 832. The second kappa shape index (κ2) is 9.71. The van der Waals surface area contributed by atoms with Gasteiger partial charge < -0.3 is 10.2 Å². The highest BCUT2D eigenvalue weighted by molar-refractivity contribution is 6.30. The van der Waals surface area contributed by atoms with Crippen LogP contribution in [-0.4, -0.2) is 54.3 Å². The van der Waals surface area contributed by atoms with Gasteiger partial charge in [-0.15, -0.1) is 0 Å². The van der Waals surface area contributed by atoms with Crippen molar-refractivity contribution in [2.45, 2.75) is 19.8 Å². The number of nitrogens with one attached hydrogen (secondary N) is 1. The van der Waals surface area contributed by atoms with Crippen LogP contribution in [0.5, 0.6) is 0 Å². The number of amides is 2. The number of aryl methyl sites for hydroxylation is 1. The lowest BCUT2D eigenvalue weighted by molar-refractivity contribution is -0.132. The number of hydrogen-bond donors (Lipinski definition) is 1. The van der Waals surface area contributed by atoms with E-state index in [0.717, 1.165) is 24.2 Å². The van der Waals surface area contributed by atoms with E-state index >= 15 is 0 Å². The molecule has 1 fully saturated rings. The van der Waals surface area contributed by atoms with Crippen molar-refractivity contribution in [1.82, 2.24) is 9.80 Å². The Morgan fingerprint density at radius 1 is 1.04 bits per heavy atom. The minimum absolute atomic E-state index is 0.0275. The molecule has 1 aliphatic rings. The molecule has 0 radical (unpaired) electrons. The minimum Gasteiger partial charge on any atom is -0.340 e. The van der Waals surface area contributed by atoms with Crippen molar-refractivity contribution in [3.05, 3.63) is 64.7 Å². The molecule has 0 spiro atoms. The monoisotopic (exact) mass is 399 g/mol. The van der Waals surface area contributed by atoms with Gasteiger partial charge in [0, 0.05) is 49.9 Å². The highest BCUT2D eigenvalue weighted by atomic mass is 35.5. The molecule has 3 rings (SSSR count). The maximum absolute atomic E-state index is 12.6. The number of anilines is 1. The summed E-state index contributed by atoms with van der Waals surface area (Å²) in [5.74, 6) is 0.146. The molecule has 2 aromatic rings. The molecule has 0 bridgehead atoms. The molecule has 1 saturated heterocycles. The van der Waals surface area contributed by atoms with E-state index < -0.39 is 0 Å². The molecule has 1 N–H and O–H groups in total. The molecule has 1 heterocycles. The van der Waals surface area contributed by atoms with E-state index in [0.29, 0.717) is 43.2 Å². The van der Waals surface area contributed by atoms with Crippen LogP contribution in [0, 0.1) is 6.92 Å². The molecular weight excluding hydrogens is 374 g/mol. The van der Waals surface area contributed by atoms with Crippen molar-refractivity contribution < 1.29 is 9.59 Å². The summed E-state index contributed by atoms with van der Waals surface area (Å²) in [5.41, 5.74) is 2.96. The van der Waals surface area contributed by atoms with Crippen molar-refractivity contribution in [2.75, 3.05) is 38.0 Å². The Morgan fingerprint density at radius 3 is 2.50 bits per heavy atom. The molecule has 6 heteroatoms. The van der Waals surface area contributed by atoms with Crippen LogP contribution in [-0.2, 0) is 16.0 Å². The molecule has 5 nitrogen and oxygen atoms in total. The van der Waals surface area contributed by atoms with Crippen molar-refractivity contribution in [2.24, 2.45) is 0 Å². The Hall–Kier alpha value is -2.37. The number of hydrogen-bond acceptors (Lipinski definition) is 3. The summed E-state index contributed by atoms with van der Waals surface area (Å²) >= 11 is 5.93. The largest absolute Gasteiger partial charge is 0.340 e. The van der Waals surface area contributed by atoms with Gasteiger partial charge in [0.25, 0.3) is 0 Å². The normalized spacial score (nSPS) is 14.7. The van der Waals surface area contributed by atoms with Gasteiger partial charge in [0.05, 0.1) is 6.42 Å². The summed E-state index contributed by atoms with van der Waals surface area (Å²) in [6.45, 7) is 5.73. The molecule has 28 heavy (non-hydrogen) atoms. The second-order valence-electron chi connectivity index (χ2n) is 7.13. The lowest BCUT2D eigenvalue weighted by Crippen LogP contribution is -2.49. The average molecular weight is 400 g/mol. The molecule has 0 aromatic heterocycles. The number of piperazine rings is 1. The summed E-state index contributed by atoms with van der Waals surface area (Å²) in [6.07, 6.45) is 0.873. The van der Waals surface area contributed by atoms with E-state index in [4.69, 9.17) is 11.6 Å². The number of nitrogens with zero attached hydrogens (tertiary/aromatic N) is 2. The van der Waals surface area contributed by atoms with Gasteiger partial charge >= 0.3 is 0 Å². The second-order valence-corrected chi connectivity index (χ2v) is 7.57. The topological polar surface area (TPSA) is 52.7 Å². The van der Waals surface area contributed by atoms with Crippen molar-refractivity contribution in [1.29, 1.82) is 0 Å². The Morgan fingerprint density at radius 2 is 1.79 bits per heavy atom. The highest BCUT2D eigenvalue weighted by Gasteiger charge is 2.21. The maximum Gasteiger partial charge on any atom is 0.227 e. The smallest absolute Gasteiger partial charge is 0.227 e. The Kier molecular flexibility index (Phi) is 7.06. The van der Waals surface area contributed by atoms with Crippen LogP contribution >= 0.6 is 11.6 Å². The number of benzene rings is 2. The quantitative estimate of drug-likeness (QED) is 0.810. The first kappa shape index (κ1) is 20.4. The summed E-state index contributed by atoms with van der Waals surface area (Å²) < 4.78 is 0. The third-order valence-electron chi connectivity index (χ3n) is 5.09. The molecular formula is C22H26ClN3O2. The molecule has 0 unspecified atom stereocenters. The molecule has 2 amide bonds. The number of halogens is 1. The van der Waals surface area contributed by atoms with E-state index in [-0.39, 0.29) is 11.8 Å². The first-order valence-corrected chi connectivity index (χ1v) is 9.99. The van der Waals surface area contributed by atoms with Crippen LogP contribution in [0.3, 0.4) is 0 Å². The van der Waals surface area contributed by atoms with Crippen LogP contribution in [0.4, 0.5) is 5.69 Å². The zero-order chi connectivity index (χ0) is 19.9. The summed E-state index contributed by atoms with van der Waals surface area (Å²) in [5, 5.41) is 3.47. The van der Waals surface area contributed by atoms with Crippen LogP contribution in [0.25, 0.3) is 0 Å². The van der Waals surface area contributed by atoms with Gasteiger partial charge in [-0.1, -0.05) is 41.9 Å². The zero-order valence-corrected chi connectivity index (χ0v) is 16.9. The molecule has 0 aliphatic carbocycles. The van der Waals surface area contributed by atoms with E-state index in [1.54, 1.807) is 12.1 Å². The average Bonchev–Trinajstić information content (AvgIpc) is 2.68. The molecule has 0 atom stereocenters. The fourth-order valence-electron chi connectivity index (χ4n) is 3.35. The van der Waals surface area contributed by atoms with Crippen LogP contribution in [0.2, 0.25) is 5.02 Å². The van der Waals surface area contributed by atoms with E-state index in [1.165, 1.54) is 0 Å². The van der Waals surface area contributed by atoms with Crippen LogP contribution in [0.1, 0.15) is 17.5 Å². The minimum atomic E-state index is -0.0275. The van der Waals surface area contributed by atoms with Gasteiger partial charge in [0.15, 0.2) is 0 Å². The number of carbonyl (C=O) groups is 2. The fraction of sp³-hybridized carbons (Fsp3) is 0.364. The summed E-state index contributed by atoms with van der Waals surface area (Å²) in [4.78, 5) is 28.8. The van der Waals surface area contributed by atoms with Gasteiger partial charge in [0.1, 0.15) is 0 Å². The molecule has 0 saturated carbocycles. The van der Waals surface area contributed by atoms with Gasteiger partial charge in [-0.25, -0.2) is 0 Å². The standard InChI is InChI=1S/C22H26ClN3O2/c1-17-5-2-3-6-18(17)15-22(28)26-13-11-25(12-14-26)10-9-21(27)24-20-8-4-7-19(23)16-20/h2-8,16H,9-15H2,1H3,(H,24,27). The first-order valence-electron chi connectivity index (χ1n) is 9.61. The van der Waals surface area contributed by atoms with Gasteiger partial charge in [0.2, 0.25) is 11.8 Å². The molecule has 2 aromatic carbocycles. The highest BCUT2D eigenvalue weighted by Crippen LogP contribution is 2.15. The zero-order valence-electron chi connectivity index (χ0n) is 16.2. The van der Waals surface area contributed by atoms with Crippen molar-refractivity contribution in [3.8, 4) is 0 Å². The lowest BCUT2D eigenvalue weighted by Gasteiger charge is -2.34. The van der Waals surface area contributed by atoms with Crippen molar-refractivity contribution in [3.63, 3.8) is 0 Å². The first-order chi connectivity index (χ1) is 13.5.